The molecule has 0 bridgehead atoms. The van der Waals surface area contributed by atoms with Crippen LogP contribution in [0.3, 0.4) is 0 Å². The summed E-state index contributed by atoms with van der Waals surface area (Å²) in [4.78, 5) is 5.61. The van der Waals surface area contributed by atoms with Crippen molar-refractivity contribution in [3.05, 3.63) is 0 Å². The van der Waals surface area contributed by atoms with Gasteiger partial charge in [0.1, 0.15) is 0 Å². The second-order valence-corrected chi connectivity index (χ2v) is 6.00. The van der Waals surface area contributed by atoms with Crippen LogP contribution in [-0.2, 0) is 9.57 Å². The van der Waals surface area contributed by atoms with Gasteiger partial charge in [-0.15, -0.1) is 0 Å². The van der Waals surface area contributed by atoms with Crippen molar-refractivity contribution in [2.45, 2.75) is 65.0 Å². The van der Waals surface area contributed by atoms with Gasteiger partial charge in [-0.25, -0.2) is 0 Å². The van der Waals surface area contributed by atoms with E-state index >= 15 is 0 Å². The number of hydrogen-bond donors (Lipinski definition) is 1. The highest BCUT2D eigenvalue weighted by Crippen LogP contribution is 2.54. The Morgan fingerprint density at radius 1 is 1.29 bits per heavy atom. The predicted molar refractivity (Wildman–Crippen MR) is 68.6 cm³/mol. The number of ether oxygens (including phenoxy) is 1. The Kier molecular flexibility index (Phi) is 4.45. The highest BCUT2D eigenvalue weighted by Gasteiger charge is 2.56. The van der Waals surface area contributed by atoms with E-state index < -0.39 is 0 Å². The van der Waals surface area contributed by atoms with E-state index in [0.29, 0.717) is 23.5 Å². The second-order valence-electron chi connectivity index (χ2n) is 6.00. The molecule has 0 aromatic carbocycles. The molecular weight excluding hydrogens is 214 g/mol. The summed E-state index contributed by atoms with van der Waals surface area (Å²) in [6.07, 6.45) is 6.90. The van der Waals surface area contributed by atoms with Crippen LogP contribution in [0.5, 0.6) is 0 Å². The number of hydroxylamine groups is 1. The molecule has 3 nitrogen and oxygen atoms in total. The molecule has 17 heavy (non-hydrogen) atoms. The molecule has 100 valence electrons. The summed E-state index contributed by atoms with van der Waals surface area (Å²) in [7, 11) is 0. The van der Waals surface area contributed by atoms with Gasteiger partial charge in [0.05, 0.1) is 12.7 Å². The summed E-state index contributed by atoms with van der Waals surface area (Å²) >= 11 is 0. The molecule has 0 aromatic rings. The van der Waals surface area contributed by atoms with Gasteiger partial charge < -0.3 is 9.57 Å². The minimum Gasteiger partial charge on any atom is -0.378 e. The van der Waals surface area contributed by atoms with Gasteiger partial charge in [0.25, 0.3) is 0 Å². The molecule has 1 spiro atoms. The highest BCUT2D eigenvalue weighted by molar-refractivity contribution is 5.09. The molecule has 0 heterocycles. The molecule has 0 saturated heterocycles. The molecular formula is C14H27NO2. The van der Waals surface area contributed by atoms with Crippen LogP contribution in [0.15, 0.2) is 0 Å². The average molecular weight is 241 g/mol. The van der Waals surface area contributed by atoms with Gasteiger partial charge in [-0.2, -0.15) is 5.48 Å². The first-order valence-corrected chi connectivity index (χ1v) is 7.18. The Morgan fingerprint density at radius 2 is 2.00 bits per heavy atom. The first-order chi connectivity index (χ1) is 8.19. The van der Waals surface area contributed by atoms with Gasteiger partial charge in [0.2, 0.25) is 0 Å². The van der Waals surface area contributed by atoms with E-state index in [0.717, 1.165) is 19.6 Å². The largest absolute Gasteiger partial charge is 0.378 e. The average Bonchev–Trinajstić information content (AvgIpc) is 2.78. The Balaban J connectivity index is 1.82. The Morgan fingerprint density at radius 3 is 2.59 bits per heavy atom. The SMILES string of the molecule is CCOC1CC(NOCC(C)C)C12CCCC2. The normalized spacial score (nSPS) is 31.1. The van der Waals surface area contributed by atoms with Crippen LogP contribution in [-0.4, -0.2) is 25.4 Å². The van der Waals surface area contributed by atoms with Crippen molar-refractivity contribution < 1.29 is 9.57 Å². The zero-order valence-electron chi connectivity index (χ0n) is 11.5. The summed E-state index contributed by atoms with van der Waals surface area (Å²) in [6.45, 7) is 8.09. The van der Waals surface area contributed by atoms with E-state index in [2.05, 4.69) is 26.3 Å². The number of rotatable bonds is 6. The fourth-order valence-electron chi connectivity index (χ4n) is 3.37. The Bertz CT molecular complexity index is 236. The first-order valence-electron chi connectivity index (χ1n) is 7.18. The number of hydrogen-bond acceptors (Lipinski definition) is 3. The molecule has 0 radical (unpaired) electrons. The molecule has 2 unspecified atom stereocenters. The Labute approximate surface area is 105 Å². The molecule has 2 saturated carbocycles. The summed E-state index contributed by atoms with van der Waals surface area (Å²) in [5.41, 5.74) is 3.67. The van der Waals surface area contributed by atoms with Crippen LogP contribution < -0.4 is 5.48 Å². The lowest BCUT2D eigenvalue weighted by molar-refractivity contribution is -0.170. The van der Waals surface area contributed by atoms with Gasteiger partial charge in [-0.05, 0) is 32.1 Å². The topological polar surface area (TPSA) is 30.5 Å². The van der Waals surface area contributed by atoms with Crippen molar-refractivity contribution in [1.29, 1.82) is 0 Å². The summed E-state index contributed by atoms with van der Waals surface area (Å²) in [5.74, 6) is 0.588. The molecule has 0 amide bonds. The maximum Gasteiger partial charge on any atom is 0.0705 e. The zero-order chi connectivity index (χ0) is 12.3. The van der Waals surface area contributed by atoms with Crippen molar-refractivity contribution in [3.63, 3.8) is 0 Å². The van der Waals surface area contributed by atoms with Gasteiger partial charge in [-0.1, -0.05) is 26.7 Å². The second kappa shape index (κ2) is 5.68. The summed E-state index contributed by atoms with van der Waals surface area (Å²) in [5, 5.41) is 0. The third-order valence-electron chi connectivity index (χ3n) is 4.33. The lowest BCUT2D eigenvalue weighted by Crippen LogP contribution is -2.62. The third kappa shape index (κ3) is 2.67. The van der Waals surface area contributed by atoms with Crippen molar-refractivity contribution in [3.8, 4) is 0 Å². The molecule has 0 aromatic heterocycles. The third-order valence-corrected chi connectivity index (χ3v) is 4.33. The molecule has 2 aliphatic carbocycles. The van der Waals surface area contributed by atoms with Crippen LogP contribution >= 0.6 is 0 Å². The van der Waals surface area contributed by atoms with Crippen molar-refractivity contribution in [1.82, 2.24) is 5.48 Å². The maximum absolute atomic E-state index is 5.88. The smallest absolute Gasteiger partial charge is 0.0705 e. The molecule has 2 rings (SSSR count). The highest BCUT2D eigenvalue weighted by atomic mass is 16.6. The van der Waals surface area contributed by atoms with Gasteiger partial charge >= 0.3 is 0 Å². The standard InChI is InChI=1S/C14H27NO2/c1-4-16-13-9-12(15-17-10-11(2)3)14(13)7-5-6-8-14/h11-13,15H,4-10H2,1-3H3. The zero-order valence-corrected chi connectivity index (χ0v) is 11.5. The quantitative estimate of drug-likeness (QED) is 0.725. The minimum atomic E-state index is 0.382. The molecule has 2 fully saturated rings. The van der Waals surface area contributed by atoms with Gasteiger partial charge in [0, 0.05) is 18.1 Å². The van der Waals surface area contributed by atoms with E-state index in [-0.39, 0.29) is 0 Å². The molecule has 2 aliphatic rings. The van der Waals surface area contributed by atoms with E-state index in [4.69, 9.17) is 9.57 Å². The van der Waals surface area contributed by atoms with Gasteiger partial charge in [-0.3, -0.25) is 0 Å². The first kappa shape index (κ1) is 13.3. The van der Waals surface area contributed by atoms with Crippen LogP contribution in [0.25, 0.3) is 0 Å². The molecule has 0 aliphatic heterocycles. The Hall–Kier alpha value is -0.120. The summed E-state index contributed by atoms with van der Waals surface area (Å²) < 4.78 is 5.88. The van der Waals surface area contributed by atoms with Crippen LogP contribution in [0.2, 0.25) is 0 Å². The van der Waals surface area contributed by atoms with Crippen molar-refractivity contribution in [2.75, 3.05) is 13.2 Å². The van der Waals surface area contributed by atoms with Crippen LogP contribution in [0.1, 0.15) is 52.9 Å². The number of nitrogens with one attached hydrogen (secondary N) is 1. The van der Waals surface area contributed by atoms with Crippen molar-refractivity contribution >= 4 is 0 Å². The van der Waals surface area contributed by atoms with E-state index in [1.54, 1.807) is 0 Å². The fraction of sp³-hybridized carbons (Fsp3) is 1.00. The van der Waals surface area contributed by atoms with E-state index in [9.17, 15) is 0 Å². The van der Waals surface area contributed by atoms with Crippen LogP contribution in [0.4, 0.5) is 0 Å². The molecule has 1 N–H and O–H groups in total. The lowest BCUT2D eigenvalue weighted by atomic mass is 9.61. The summed E-state index contributed by atoms with van der Waals surface area (Å²) in [6, 6.07) is 0.514. The maximum atomic E-state index is 5.88. The minimum absolute atomic E-state index is 0.382. The van der Waals surface area contributed by atoms with E-state index in [1.165, 1.54) is 25.7 Å². The fourth-order valence-corrected chi connectivity index (χ4v) is 3.37. The lowest BCUT2D eigenvalue weighted by Gasteiger charge is -2.53. The van der Waals surface area contributed by atoms with Crippen molar-refractivity contribution in [2.24, 2.45) is 11.3 Å². The van der Waals surface area contributed by atoms with E-state index in [1.807, 2.05) is 0 Å². The van der Waals surface area contributed by atoms with Crippen LogP contribution in [0, 0.1) is 11.3 Å². The molecule has 2 atom stereocenters. The molecule has 3 heteroatoms. The van der Waals surface area contributed by atoms with Gasteiger partial charge in [0.15, 0.2) is 0 Å². The predicted octanol–water partition coefficient (Wildman–Crippen LogP) is 2.90. The monoisotopic (exact) mass is 241 g/mol.